The summed E-state index contributed by atoms with van der Waals surface area (Å²) in [6.45, 7) is 0.790. The van der Waals surface area contributed by atoms with Crippen LogP contribution in [0.15, 0.2) is 10.2 Å². The summed E-state index contributed by atoms with van der Waals surface area (Å²) in [6.07, 6.45) is 6.28. The van der Waals surface area contributed by atoms with Gasteiger partial charge in [-0.2, -0.15) is 23.4 Å². The van der Waals surface area contributed by atoms with Gasteiger partial charge in [0.25, 0.3) is 0 Å². The molecule has 0 aromatic rings. The van der Waals surface area contributed by atoms with Crippen LogP contribution in [0.4, 0.5) is 13.2 Å². The van der Waals surface area contributed by atoms with Crippen LogP contribution in [0.5, 0.6) is 0 Å². The van der Waals surface area contributed by atoms with Crippen molar-refractivity contribution in [3.63, 3.8) is 0 Å². The van der Waals surface area contributed by atoms with Gasteiger partial charge in [0.2, 0.25) is 5.91 Å². The van der Waals surface area contributed by atoms with E-state index in [-0.39, 0.29) is 31.0 Å². The van der Waals surface area contributed by atoms with Gasteiger partial charge < -0.3 is 9.80 Å². The Bertz CT molecular complexity index is 695. The van der Waals surface area contributed by atoms with Gasteiger partial charge in [0.1, 0.15) is 0 Å². The van der Waals surface area contributed by atoms with Crippen molar-refractivity contribution in [3.05, 3.63) is 0 Å². The molecule has 2 unspecified atom stereocenters. The topological polar surface area (TPSA) is 65.3 Å². The molecule has 0 radical (unpaired) electrons. The number of piperidine rings is 2. The van der Waals surface area contributed by atoms with Gasteiger partial charge in [0.05, 0.1) is 0 Å². The predicted molar refractivity (Wildman–Crippen MR) is 99.6 cm³/mol. The number of carbonyl (C=O) groups is 2. The highest BCUT2D eigenvalue weighted by atomic mass is 19.4. The third kappa shape index (κ3) is 5.28. The van der Waals surface area contributed by atoms with Gasteiger partial charge in [-0.25, -0.2) is 0 Å². The van der Waals surface area contributed by atoms with E-state index in [2.05, 4.69) is 16.1 Å². The number of rotatable bonds is 6. The van der Waals surface area contributed by atoms with Gasteiger partial charge in [-0.1, -0.05) is 0 Å². The Hall–Kier alpha value is -2.11. The van der Waals surface area contributed by atoms with E-state index in [1.54, 1.807) is 0 Å². The maximum Gasteiger partial charge on any atom is 0.471 e. The maximum absolute atomic E-state index is 12.9. The molecule has 3 aliphatic heterocycles. The average Bonchev–Trinajstić information content (AvgIpc) is 3.49. The second-order valence-electron chi connectivity index (χ2n) is 8.19. The molecule has 0 bridgehead atoms. The Morgan fingerprint density at radius 2 is 1.86 bits per heavy atom. The number of terminal acetylenes is 1. The number of alkyl halides is 3. The highest BCUT2D eigenvalue weighted by molar-refractivity contribution is 5.82. The lowest BCUT2D eigenvalue weighted by Crippen LogP contribution is -2.54. The van der Waals surface area contributed by atoms with E-state index in [1.807, 2.05) is 4.90 Å². The van der Waals surface area contributed by atoms with Gasteiger partial charge in [0, 0.05) is 51.4 Å². The minimum absolute atomic E-state index is 0.00801. The van der Waals surface area contributed by atoms with E-state index < -0.39 is 17.7 Å². The second kappa shape index (κ2) is 8.72. The van der Waals surface area contributed by atoms with Gasteiger partial charge in [-0.3, -0.25) is 9.59 Å². The predicted octanol–water partition coefficient (Wildman–Crippen LogP) is 3.52. The van der Waals surface area contributed by atoms with E-state index in [4.69, 9.17) is 6.42 Å². The first-order valence-corrected chi connectivity index (χ1v) is 10.3. The summed E-state index contributed by atoms with van der Waals surface area (Å²) < 4.78 is 38.5. The molecule has 3 heterocycles. The molecule has 0 aromatic heterocycles. The van der Waals surface area contributed by atoms with Gasteiger partial charge in [0.15, 0.2) is 5.66 Å². The molecule has 0 saturated carbocycles. The van der Waals surface area contributed by atoms with Crippen molar-refractivity contribution in [2.24, 2.45) is 16.1 Å². The summed E-state index contributed by atoms with van der Waals surface area (Å²) in [5.74, 6) is 0.658. The van der Waals surface area contributed by atoms with Crippen LogP contribution in [0.1, 0.15) is 57.8 Å². The fourth-order valence-electron chi connectivity index (χ4n) is 4.56. The van der Waals surface area contributed by atoms with Crippen LogP contribution in [-0.2, 0) is 9.59 Å². The van der Waals surface area contributed by atoms with Crippen molar-refractivity contribution >= 4 is 11.8 Å². The zero-order valence-corrected chi connectivity index (χ0v) is 16.5. The summed E-state index contributed by atoms with van der Waals surface area (Å²) in [5, 5.41) is 8.12. The molecule has 0 N–H and O–H groups in total. The first kappa shape index (κ1) is 21.6. The van der Waals surface area contributed by atoms with Gasteiger partial charge in [-0.05, 0) is 38.0 Å². The van der Waals surface area contributed by atoms with Crippen LogP contribution in [0.2, 0.25) is 0 Å². The number of carbonyl (C=O) groups excluding carboxylic acids is 2. The molecule has 2 amide bonds. The number of likely N-dealkylation sites (tertiary alicyclic amines) is 2. The third-order valence-electron chi connectivity index (χ3n) is 6.19. The molecule has 0 aromatic carbocycles. The molecule has 0 aliphatic carbocycles. The largest absolute Gasteiger partial charge is 0.471 e. The summed E-state index contributed by atoms with van der Waals surface area (Å²) in [4.78, 5) is 27.3. The van der Waals surface area contributed by atoms with E-state index in [0.29, 0.717) is 38.6 Å². The van der Waals surface area contributed by atoms with Gasteiger partial charge >= 0.3 is 12.1 Å². The van der Waals surface area contributed by atoms with E-state index >= 15 is 0 Å². The minimum Gasteiger partial charge on any atom is -0.339 e. The van der Waals surface area contributed by atoms with Crippen LogP contribution in [0, 0.1) is 18.3 Å². The van der Waals surface area contributed by atoms with E-state index in [9.17, 15) is 22.8 Å². The summed E-state index contributed by atoms with van der Waals surface area (Å²) in [7, 11) is 0. The van der Waals surface area contributed by atoms with Crippen molar-refractivity contribution in [2.45, 2.75) is 75.7 Å². The molecular formula is C20H27F3N4O2. The first-order valence-electron chi connectivity index (χ1n) is 10.3. The monoisotopic (exact) mass is 412 g/mol. The fourth-order valence-corrected chi connectivity index (χ4v) is 4.56. The lowest BCUT2D eigenvalue weighted by atomic mass is 9.84. The third-order valence-corrected chi connectivity index (χ3v) is 6.19. The molecule has 160 valence electrons. The van der Waals surface area contributed by atoms with Crippen molar-refractivity contribution in [1.82, 2.24) is 9.80 Å². The zero-order chi connectivity index (χ0) is 21.1. The van der Waals surface area contributed by atoms with E-state index in [0.717, 1.165) is 30.6 Å². The standard InChI is InChI=1S/C20H27F3N4O2/c1-2-3-10-19(24-25-19)11-9-17(28)27-13-5-4-8-16(27)15-7-6-12-26(14-15)18(29)20(21,22)23/h1,15-16H,3-14H2. The van der Waals surface area contributed by atoms with Crippen LogP contribution in [-0.4, -0.2) is 59.1 Å². The molecule has 2 fully saturated rings. The summed E-state index contributed by atoms with van der Waals surface area (Å²) >= 11 is 0. The summed E-state index contributed by atoms with van der Waals surface area (Å²) in [5.41, 5.74) is -0.520. The first-order chi connectivity index (χ1) is 13.8. The molecule has 2 saturated heterocycles. The Morgan fingerprint density at radius 1 is 1.10 bits per heavy atom. The minimum atomic E-state index is -4.85. The fraction of sp³-hybridized carbons (Fsp3) is 0.800. The number of hydrogen-bond acceptors (Lipinski definition) is 4. The molecule has 3 rings (SSSR count). The average molecular weight is 412 g/mol. The molecular weight excluding hydrogens is 385 g/mol. The second-order valence-corrected chi connectivity index (χ2v) is 8.19. The number of halogens is 3. The molecule has 3 aliphatic rings. The molecule has 9 heteroatoms. The quantitative estimate of drug-likeness (QED) is 0.627. The highest BCUT2D eigenvalue weighted by Crippen LogP contribution is 2.38. The number of amides is 2. The van der Waals surface area contributed by atoms with Crippen molar-refractivity contribution in [3.8, 4) is 12.3 Å². The van der Waals surface area contributed by atoms with Crippen molar-refractivity contribution < 1.29 is 22.8 Å². The molecule has 29 heavy (non-hydrogen) atoms. The Balaban J connectivity index is 1.59. The van der Waals surface area contributed by atoms with Crippen LogP contribution < -0.4 is 0 Å². The number of nitrogens with zero attached hydrogens (tertiary/aromatic N) is 4. The lowest BCUT2D eigenvalue weighted by Gasteiger charge is -2.44. The molecule has 0 spiro atoms. The Morgan fingerprint density at radius 3 is 2.52 bits per heavy atom. The SMILES string of the molecule is C#CCCC1(CCC(=O)N2CCCCC2C2CCCN(C(=O)C(F)(F)F)C2)N=N1. The van der Waals surface area contributed by atoms with E-state index in [1.165, 1.54) is 0 Å². The zero-order valence-electron chi connectivity index (χ0n) is 16.5. The molecule has 2 atom stereocenters. The Kier molecular flexibility index (Phi) is 6.49. The van der Waals surface area contributed by atoms with Gasteiger partial charge in [-0.15, -0.1) is 12.3 Å². The van der Waals surface area contributed by atoms with Crippen molar-refractivity contribution in [2.75, 3.05) is 19.6 Å². The normalized spacial score (nSPS) is 26.1. The lowest BCUT2D eigenvalue weighted by molar-refractivity contribution is -0.187. The smallest absolute Gasteiger partial charge is 0.339 e. The number of hydrogen-bond donors (Lipinski definition) is 0. The Labute approximate surface area is 168 Å². The van der Waals surface area contributed by atoms with Crippen molar-refractivity contribution in [1.29, 1.82) is 0 Å². The van der Waals surface area contributed by atoms with Crippen LogP contribution >= 0.6 is 0 Å². The maximum atomic E-state index is 12.9. The highest BCUT2D eigenvalue weighted by Gasteiger charge is 2.45. The van der Waals surface area contributed by atoms with Crippen LogP contribution in [0.25, 0.3) is 0 Å². The van der Waals surface area contributed by atoms with Crippen LogP contribution in [0.3, 0.4) is 0 Å². The molecule has 6 nitrogen and oxygen atoms in total. The summed E-state index contributed by atoms with van der Waals surface area (Å²) in [6, 6.07) is -0.116.